The molecule has 1 aliphatic rings. The van der Waals surface area contributed by atoms with E-state index >= 15 is 0 Å². The van der Waals surface area contributed by atoms with Gasteiger partial charge in [0.05, 0.1) is 17.9 Å². The van der Waals surface area contributed by atoms with Crippen LogP contribution >= 0.6 is 34.8 Å². The zero-order chi connectivity index (χ0) is 14.7. The maximum Gasteiger partial charge on any atom is 0.300 e. The number of halogens is 3. The van der Waals surface area contributed by atoms with Gasteiger partial charge in [-0.3, -0.25) is 19.4 Å². The number of hydrogen-bond acceptors (Lipinski definition) is 3. The van der Waals surface area contributed by atoms with Gasteiger partial charge in [-0.05, 0) is 18.2 Å². The third kappa shape index (κ3) is 3.09. The molecule has 0 aromatic heterocycles. The lowest BCUT2D eigenvalue weighted by atomic mass is 10.1. The molecule has 0 saturated carbocycles. The number of carbonyl (C=O) groups is 2. The second-order valence-corrected chi connectivity index (χ2v) is 5.55. The molecule has 0 radical (unpaired) electrons. The van der Waals surface area contributed by atoms with Crippen LogP contribution in [0.1, 0.15) is 10.4 Å². The van der Waals surface area contributed by atoms with Crippen molar-refractivity contribution in [3.8, 4) is 0 Å². The molecular weight excluding hydrogens is 323 g/mol. The molecule has 4 nitrogen and oxygen atoms in total. The number of nitrogens with zero attached hydrogens (tertiary/aromatic N) is 2. The first-order valence-corrected chi connectivity index (χ1v) is 7.53. The summed E-state index contributed by atoms with van der Waals surface area (Å²) in [4.78, 5) is 27.4. The van der Waals surface area contributed by atoms with Crippen LogP contribution in [0.3, 0.4) is 0 Å². The third-order valence-corrected chi connectivity index (χ3v) is 3.65. The number of rotatable bonds is 6. The van der Waals surface area contributed by atoms with E-state index in [0.29, 0.717) is 47.8 Å². The maximum atomic E-state index is 12.1. The topological polar surface area (TPSA) is 40.6 Å². The summed E-state index contributed by atoms with van der Waals surface area (Å²) in [6.07, 6.45) is 0. The molecule has 1 amide bonds. The van der Waals surface area contributed by atoms with Crippen molar-refractivity contribution >= 4 is 52.2 Å². The summed E-state index contributed by atoms with van der Waals surface area (Å²) in [5.74, 6) is -0.212. The highest BCUT2D eigenvalue weighted by molar-refractivity contribution is 6.52. The van der Waals surface area contributed by atoms with Gasteiger partial charge in [0.2, 0.25) is 0 Å². The fourth-order valence-electron chi connectivity index (χ4n) is 2.11. The van der Waals surface area contributed by atoms with Crippen LogP contribution in [0.5, 0.6) is 0 Å². The van der Waals surface area contributed by atoms with Crippen LogP contribution < -0.4 is 4.90 Å². The lowest BCUT2D eigenvalue weighted by molar-refractivity contribution is -0.114. The monoisotopic (exact) mass is 334 g/mol. The van der Waals surface area contributed by atoms with Crippen molar-refractivity contribution in [2.75, 3.05) is 36.4 Å². The predicted octanol–water partition coefficient (Wildman–Crippen LogP) is 2.61. The Morgan fingerprint density at radius 1 is 1.10 bits per heavy atom. The summed E-state index contributed by atoms with van der Waals surface area (Å²) < 4.78 is 0. The van der Waals surface area contributed by atoms with Crippen LogP contribution in [-0.2, 0) is 4.79 Å². The Labute approximate surface area is 132 Å². The van der Waals surface area contributed by atoms with Gasteiger partial charge in [0.15, 0.2) is 0 Å². The van der Waals surface area contributed by atoms with Gasteiger partial charge in [0.1, 0.15) is 0 Å². The minimum atomic E-state index is -0.545. The molecule has 108 valence electrons. The minimum Gasteiger partial charge on any atom is -0.291 e. The highest BCUT2D eigenvalue weighted by Gasteiger charge is 2.36. The number of amides is 1. The molecule has 1 heterocycles. The summed E-state index contributed by atoms with van der Waals surface area (Å²) in [6.45, 7) is 1.48. The van der Waals surface area contributed by atoms with Gasteiger partial charge >= 0.3 is 5.91 Å². The number of benzene rings is 1. The van der Waals surface area contributed by atoms with Gasteiger partial charge in [-0.1, -0.05) is 11.6 Å². The van der Waals surface area contributed by atoms with Crippen molar-refractivity contribution in [2.24, 2.45) is 0 Å². The molecule has 0 N–H and O–H groups in total. The van der Waals surface area contributed by atoms with E-state index in [4.69, 9.17) is 34.8 Å². The van der Waals surface area contributed by atoms with Gasteiger partial charge < -0.3 is 0 Å². The normalized spacial score (nSPS) is 14.3. The lowest BCUT2D eigenvalue weighted by Gasteiger charge is -2.26. The van der Waals surface area contributed by atoms with Crippen molar-refractivity contribution < 1.29 is 9.59 Å². The average molecular weight is 336 g/mol. The van der Waals surface area contributed by atoms with E-state index < -0.39 is 11.7 Å². The third-order valence-electron chi connectivity index (χ3n) is 3.08. The van der Waals surface area contributed by atoms with E-state index in [-0.39, 0.29) is 0 Å². The summed E-state index contributed by atoms with van der Waals surface area (Å²) in [5.41, 5.74) is 0.928. The van der Waals surface area contributed by atoms with Crippen LogP contribution in [0.4, 0.5) is 5.69 Å². The number of ketones is 1. The van der Waals surface area contributed by atoms with E-state index in [2.05, 4.69) is 0 Å². The van der Waals surface area contributed by atoms with Crippen LogP contribution in [0.15, 0.2) is 18.2 Å². The zero-order valence-electron chi connectivity index (χ0n) is 10.6. The predicted molar refractivity (Wildman–Crippen MR) is 81.1 cm³/mol. The molecule has 20 heavy (non-hydrogen) atoms. The molecule has 0 atom stereocenters. The van der Waals surface area contributed by atoms with E-state index in [1.807, 2.05) is 4.90 Å². The van der Waals surface area contributed by atoms with Gasteiger partial charge in [-0.15, -0.1) is 23.2 Å². The second kappa shape index (κ2) is 6.76. The molecule has 0 aliphatic carbocycles. The first kappa shape index (κ1) is 15.6. The lowest BCUT2D eigenvalue weighted by Crippen LogP contribution is -2.42. The van der Waals surface area contributed by atoms with E-state index in [9.17, 15) is 9.59 Å². The standard InChI is InChI=1S/C13H13Cl3N2O2/c14-3-5-17(6-4-15)8-18-11-2-1-9(16)7-10(11)12(19)13(18)20/h1-2,7H,3-6,8H2. The molecule has 1 aromatic rings. The van der Waals surface area contributed by atoms with Gasteiger partial charge in [0, 0.05) is 29.9 Å². The SMILES string of the molecule is O=C1C(=O)N(CN(CCCl)CCCl)c2ccc(Cl)cc21. The maximum absolute atomic E-state index is 12.1. The highest BCUT2D eigenvalue weighted by Crippen LogP contribution is 2.31. The Morgan fingerprint density at radius 3 is 2.35 bits per heavy atom. The molecule has 0 bridgehead atoms. The molecule has 0 spiro atoms. The van der Waals surface area contributed by atoms with Crippen LogP contribution in [-0.4, -0.2) is 48.1 Å². The number of fused-ring (bicyclic) bond motifs is 1. The summed E-state index contributed by atoms with van der Waals surface area (Å²) in [6, 6.07) is 4.86. The van der Waals surface area contributed by atoms with E-state index in [0.717, 1.165) is 0 Å². The zero-order valence-corrected chi connectivity index (χ0v) is 12.9. The molecule has 2 rings (SSSR count). The van der Waals surface area contributed by atoms with Crippen LogP contribution in [0.2, 0.25) is 5.02 Å². The Balaban J connectivity index is 2.24. The second-order valence-electron chi connectivity index (χ2n) is 4.36. The Kier molecular flexibility index (Phi) is 5.27. The molecule has 0 unspecified atom stereocenters. The van der Waals surface area contributed by atoms with Crippen molar-refractivity contribution in [3.63, 3.8) is 0 Å². The average Bonchev–Trinajstić information content (AvgIpc) is 2.64. The van der Waals surface area contributed by atoms with Gasteiger partial charge in [-0.2, -0.15) is 0 Å². The van der Waals surface area contributed by atoms with Crippen molar-refractivity contribution in [1.82, 2.24) is 4.90 Å². The molecule has 1 aromatic carbocycles. The van der Waals surface area contributed by atoms with Crippen LogP contribution in [0, 0.1) is 0 Å². The van der Waals surface area contributed by atoms with Gasteiger partial charge in [-0.25, -0.2) is 0 Å². The first-order chi connectivity index (χ1) is 9.58. The van der Waals surface area contributed by atoms with Crippen molar-refractivity contribution in [3.05, 3.63) is 28.8 Å². The molecule has 7 heteroatoms. The Morgan fingerprint density at radius 2 is 1.75 bits per heavy atom. The number of alkyl halides is 2. The van der Waals surface area contributed by atoms with E-state index in [1.54, 1.807) is 12.1 Å². The Hall–Kier alpha value is -0.810. The van der Waals surface area contributed by atoms with Crippen LogP contribution in [0.25, 0.3) is 0 Å². The number of anilines is 1. The Bertz CT molecular complexity index is 530. The first-order valence-electron chi connectivity index (χ1n) is 6.08. The van der Waals surface area contributed by atoms with Crippen molar-refractivity contribution in [1.29, 1.82) is 0 Å². The fraction of sp³-hybridized carbons (Fsp3) is 0.385. The largest absolute Gasteiger partial charge is 0.300 e. The number of carbonyl (C=O) groups excluding carboxylic acids is 2. The number of hydrogen-bond donors (Lipinski definition) is 0. The summed E-state index contributed by atoms with van der Waals surface area (Å²) in [5, 5.41) is 0.435. The molecule has 1 aliphatic heterocycles. The smallest absolute Gasteiger partial charge is 0.291 e. The van der Waals surface area contributed by atoms with Crippen molar-refractivity contribution in [2.45, 2.75) is 0 Å². The van der Waals surface area contributed by atoms with Gasteiger partial charge in [0.25, 0.3) is 5.78 Å². The van der Waals surface area contributed by atoms with E-state index in [1.165, 1.54) is 11.0 Å². The summed E-state index contributed by atoms with van der Waals surface area (Å²) in [7, 11) is 0. The number of Topliss-reactive ketones (excluding diaryl/α,β-unsaturated/α-hetero) is 1. The highest BCUT2D eigenvalue weighted by atomic mass is 35.5. The quantitative estimate of drug-likeness (QED) is 0.593. The minimum absolute atomic E-state index is 0.290. The molecule has 0 saturated heterocycles. The summed E-state index contributed by atoms with van der Waals surface area (Å²) >= 11 is 17.3. The fourth-order valence-corrected chi connectivity index (χ4v) is 2.76. The molecule has 0 fully saturated rings. The molecular formula is C13H13Cl3N2O2.